The van der Waals surface area contributed by atoms with E-state index in [1.807, 2.05) is 0 Å². The van der Waals surface area contributed by atoms with Gasteiger partial charge >= 0.3 is 0 Å². The summed E-state index contributed by atoms with van der Waals surface area (Å²) < 4.78 is 5.59. The van der Waals surface area contributed by atoms with Crippen LogP contribution in [0.2, 0.25) is 0 Å². The van der Waals surface area contributed by atoms with E-state index < -0.39 is 11.8 Å². The molecule has 4 rings (SSSR count). The van der Waals surface area contributed by atoms with E-state index in [1.54, 1.807) is 54.8 Å². The number of rotatable bonds is 8. The molecule has 1 aliphatic heterocycles. The van der Waals surface area contributed by atoms with E-state index in [4.69, 9.17) is 10.5 Å². The number of aromatic nitrogens is 1. The maximum atomic E-state index is 13.0. The van der Waals surface area contributed by atoms with Crippen molar-refractivity contribution < 1.29 is 23.9 Å². The second-order valence-corrected chi connectivity index (χ2v) is 8.10. The summed E-state index contributed by atoms with van der Waals surface area (Å²) in [5.41, 5.74) is 7.19. The Hall–Kier alpha value is -4.05. The highest BCUT2D eigenvalue weighted by atomic mass is 32.1. The minimum atomic E-state index is -0.516. The van der Waals surface area contributed by atoms with Crippen LogP contribution in [0, 0.1) is 0 Å². The highest BCUT2D eigenvalue weighted by Crippen LogP contribution is 2.27. The summed E-state index contributed by atoms with van der Waals surface area (Å²) in [4.78, 5) is 54.7. The fraction of sp³-hybridized carbons (Fsp3) is 0.174. The van der Waals surface area contributed by atoms with Gasteiger partial charge in [0.2, 0.25) is 5.91 Å². The van der Waals surface area contributed by atoms with Gasteiger partial charge in [0.1, 0.15) is 5.75 Å². The Bertz CT molecular complexity index is 1230. The number of hydrogen-bond acceptors (Lipinski definition) is 7. The summed E-state index contributed by atoms with van der Waals surface area (Å²) in [5, 5.41) is 4.64. The SMILES string of the molecule is CCOc1ccc(CN2C(=O)c3ccccc3C2=O)cc1C(=O)Nc1nc(CC(N)=O)cs1. The first-order chi connectivity index (χ1) is 15.9. The monoisotopic (exact) mass is 464 g/mol. The zero-order chi connectivity index (χ0) is 23.5. The molecular formula is C23H20N4O5S. The van der Waals surface area contributed by atoms with Crippen LogP contribution in [0.1, 0.15) is 49.3 Å². The average molecular weight is 465 g/mol. The summed E-state index contributed by atoms with van der Waals surface area (Å²) in [6, 6.07) is 11.6. The number of carbonyl (C=O) groups excluding carboxylic acids is 4. The maximum Gasteiger partial charge on any atom is 0.261 e. The van der Waals surface area contributed by atoms with Gasteiger partial charge in [-0.3, -0.25) is 29.4 Å². The van der Waals surface area contributed by atoms with E-state index in [0.717, 1.165) is 4.90 Å². The number of hydrogen-bond donors (Lipinski definition) is 2. The predicted molar refractivity (Wildman–Crippen MR) is 121 cm³/mol. The first-order valence-corrected chi connectivity index (χ1v) is 11.0. The molecule has 1 aromatic heterocycles. The third kappa shape index (κ3) is 4.60. The van der Waals surface area contributed by atoms with Crippen molar-refractivity contribution in [3.63, 3.8) is 0 Å². The van der Waals surface area contributed by atoms with Crippen molar-refractivity contribution in [3.05, 3.63) is 75.8 Å². The van der Waals surface area contributed by atoms with Gasteiger partial charge in [-0.25, -0.2) is 4.98 Å². The van der Waals surface area contributed by atoms with Gasteiger partial charge in [-0.2, -0.15) is 0 Å². The minimum absolute atomic E-state index is 0.0129. The van der Waals surface area contributed by atoms with Crippen LogP contribution in [-0.4, -0.2) is 40.1 Å². The number of nitrogens with zero attached hydrogens (tertiary/aromatic N) is 2. The van der Waals surface area contributed by atoms with Gasteiger partial charge in [0.25, 0.3) is 17.7 Å². The van der Waals surface area contributed by atoms with E-state index in [1.165, 1.54) is 11.3 Å². The topological polar surface area (TPSA) is 132 Å². The molecule has 0 saturated heterocycles. The number of ether oxygens (including phenoxy) is 1. The van der Waals surface area contributed by atoms with Gasteiger partial charge in [-0.05, 0) is 36.8 Å². The molecule has 0 radical (unpaired) electrons. The highest BCUT2D eigenvalue weighted by molar-refractivity contribution is 7.14. The number of nitrogens with two attached hydrogens (primary N) is 1. The van der Waals surface area contributed by atoms with Crippen molar-refractivity contribution in [2.45, 2.75) is 19.9 Å². The molecule has 0 bridgehead atoms. The molecule has 4 amide bonds. The Morgan fingerprint density at radius 2 is 1.82 bits per heavy atom. The lowest BCUT2D eigenvalue weighted by atomic mass is 10.1. The summed E-state index contributed by atoms with van der Waals surface area (Å²) in [5.74, 6) is -1.38. The third-order valence-corrected chi connectivity index (χ3v) is 5.74. The van der Waals surface area contributed by atoms with Crippen LogP contribution in [0.5, 0.6) is 5.75 Å². The van der Waals surface area contributed by atoms with Crippen LogP contribution in [0.3, 0.4) is 0 Å². The number of benzene rings is 2. The number of imide groups is 1. The van der Waals surface area contributed by atoms with Gasteiger partial charge in [0.15, 0.2) is 5.13 Å². The predicted octanol–water partition coefficient (Wildman–Crippen LogP) is 2.62. The van der Waals surface area contributed by atoms with Crippen LogP contribution in [0.25, 0.3) is 0 Å². The molecule has 0 spiro atoms. The maximum absolute atomic E-state index is 13.0. The van der Waals surface area contributed by atoms with Crippen LogP contribution in [0.15, 0.2) is 47.8 Å². The smallest absolute Gasteiger partial charge is 0.261 e. The average Bonchev–Trinajstić information content (AvgIpc) is 3.32. The van der Waals surface area contributed by atoms with Crippen LogP contribution >= 0.6 is 11.3 Å². The summed E-state index contributed by atoms with van der Waals surface area (Å²) >= 11 is 1.17. The van der Waals surface area contributed by atoms with Gasteiger partial charge in [-0.15, -0.1) is 11.3 Å². The van der Waals surface area contributed by atoms with E-state index in [0.29, 0.717) is 39.9 Å². The molecule has 0 aliphatic carbocycles. The van der Waals surface area contributed by atoms with Crippen molar-refractivity contribution in [3.8, 4) is 5.75 Å². The molecule has 10 heteroatoms. The van der Waals surface area contributed by atoms with Gasteiger partial charge in [0.05, 0.1) is 42.0 Å². The molecule has 0 saturated carbocycles. The van der Waals surface area contributed by atoms with Gasteiger partial charge in [-0.1, -0.05) is 18.2 Å². The first-order valence-electron chi connectivity index (χ1n) is 10.1. The molecule has 3 N–H and O–H groups in total. The van der Waals surface area contributed by atoms with E-state index >= 15 is 0 Å². The Labute approximate surface area is 193 Å². The number of fused-ring (bicyclic) bond motifs is 1. The third-order valence-electron chi connectivity index (χ3n) is 4.93. The zero-order valence-electron chi connectivity index (χ0n) is 17.7. The van der Waals surface area contributed by atoms with Crippen molar-refractivity contribution >= 4 is 40.1 Å². The van der Waals surface area contributed by atoms with Crippen molar-refractivity contribution in [1.82, 2.24) is 9.88 Å². The molecule has 9 nitrogen and oxygen atoms in total. The summed E-state index contributed by atoms with van der Waals surface area (Å²) in [6.07, 6.45) is -0.0215. The van der Waals surface area contributed by atoms with E-state index in [-0.39, 0.29) is 30.3 Å². The Morgan fingerprint density at radius 1 is 1.12 bits per heavy atom. The van der Waals surface area contributed by atoms with Gasteiger partial charge < -0.3 is 10.5 Å². The number of anilines is 1. The number of thiazole rings is 1. The van der Waals surface area contributed by atoms with Crippen LogP contribution < -0.4 is 15.8 Å². The standard InChI is InChI=1S/C23H20N4O5S/c1-2-32-18-8-7-13(11-27-21(30)15-5-3-4-6-16(15)22(27)31)9-17(18)20(29)26-23-25-14(12-33-23)10-19(24)28/h3-9,12H,2,10-11H2,1H3,(H2,24,28)(H,25,26,29). The number of nitrogens with one attached hydrogen (secondary N) is 1. The molecule has 33 heavy (non-hydrogen) atoms. The molecule has 168 valence electrons. The van der Waals surface area contributed by atoms with E-state index in [9.17, 15) is 19.2 Å². The number of carbonyl (C=O) groups is 4. The quantitative estimate of drug-likeness (QED) is 0.493. The lowest BCUT2D eigenvalue weighted by Crippen LogP contribution is -2.29. The molecule has 3 aromatic rings. The normalized spacial score (nSPS) is 12.6. The number of amides is 4. The van der Waals surface area contributed by atoms with Gasteiger partial charge in [0, 0.05) is 5.38 Å². The molecule has 0 fully saturated rings. The van der Waals surface area contributed by atoms with Crippen molar-refractivity contribution in [2.75, 3.05) is 11.9 Å². The summed E-state index contributed by atoms with van der Waals surface area (Å²) in [7, 11) is 0. The molecule has 2 aromatic carbocycles. The largest absolute Gasteiger partial charge is 0.493 e. The van der Waals surface area contributed by atoms with Crippen molar-refractivity contribution in [1.29, 1.82) is 0 Å². The minimum Gasteiger partial charge on any atom is -0.493 e. The van der Waals surface area contributed by atoms with Crippen LogP contribution in [0.4, 0.5) is 5.13 Å². The lowest BCUT2D eigenvalue weighted by molar-refractivity contribution is -0.117. The molecule has 0 atom stereocenters. The Balaban J connectivity index is 1.56. The molecule has 2 heterocycles. The molecular weight excluding hydrogens is 444 g/mol. The fourth-order valence-electron chi connectivity index (χ4n) is 3.49. The first kappa shape index (κ1) is 22.2. The Morgan fingerprint density at radius 3 is 2.45 bits per heavy atom. The highest BCUT2D eigenvalue weighted by Gasteiger charge is 2.35. The second kappa shape index (κ2) is 9.21. The Kier molecular flexibility index (Phi) is 6.18. The zero-order valence-corrected chi connectivity index (χ0v) is 18.5. The molecule has 0 unspecified atom stereocenters. The van der Waals surface area contributed by atoms with Crippen molar-refractivity contribution in [2.24, 2.45) is 5.73 Å². The lowest BCUT2D eigenvalue weighted by Gasteiger charge is -2.16. The van der Waals surface area contributed by atoms with Crippen LogP contribution in [-0.2, 0) is 17.8 Å². The molecule has 1 aliphatic rings. The van der Waals surface area contributed by atoms with E-state index in [2.05, 4.69) is 10.3 Å². The fourth-order valence-corrected chi connectivity index (χ4v) is 4.19. The second-order valence-electron chi connectivity index (χ2n) is 7.25. The number of primary amides is 1. The summed E-state index contributed by atoms with van der Waals surface area (Å²) in [6.45, 7) is 2.16.